The van der Waals surface area contributed by atoms with Crippen molar-refractivity contribution in [1.29, 1.82) is 0 Å². The molecule has 1 N–H and O–H groups in total. The minimum Gasteiger partial charge on any atom is -0.490 e. The number of carbonyl (C=O) groups excluding carboxylic acids is 1. The number of rotatable bonds is 4. The Morgan fingerprint density at radius 1 is 1.37 bits per heavy atom. The Balaban J connectivity index is 1.76. The summed E-state index contributed by atoms with van der Waals surface area (Å²) in [5.74, 6) is 1.17. The summed E-state index contributed by atoms with van der Waals surface area (Å²) in [5, 5.41) is 4.14. The van der Waals surface area contributed by atoms with Gasteiger partial charge in [0.05, 0.1) is 0 Å². The standard InChI is InChI=1S/C15H17NO3/c1-9(17)15-6-10-5-12(3-4-14(10)19-15)18-13-7-11(8-13)16-2/h3-6,11,13,16H,7-8H2,1-2H3/t11-,13-. The molecule has 0 amide bonds. The van der Waals surface area contributed by atoms with Crippen LogP contribution < -0.4 is 10.1 Å². The lowest BCUT2D eigenvalue weighted by Gasteiger charge is -2.35. The summed E-state index contributed by atoms with van der Waals surface area (Å²) < 4.78 is 11.3. The normalized spacial score (nSPS) is 22.2. The zero-order valence-electron chi connectivity index (χ0n) is 11.1. The average molecular weight is 259 g/mol. The predicted molar refractivity (Wildman–Crippen MR) is 72.7 cm³/mol. The second kappa shape index (κ2) is 4.70. The number of fused-ring (bicyclic) bond motifs is 1. The zero-order valence-corrected chi connectivity index (χ0v) is 11.1. The third-order valence-electron chi connectivity index (χ3n) is 3.64. The number of Topliss-reactive ketones (excluding diaryl/α,β-unsaturated/α-hetero) is 1. The van der Waals surface area contributed by atoms with Gasteiger partial charge in [-0.05, 0) is 44.2 Å². The summed E-state index contributed by atoms with van der Waals surface area (Å²) in [4.78, 5) is 11.3. The molecular weight excluding hydrogens is 242 g/mol. The van der Waals surface area contributed by atoms with Crippen molar-refractivity contribution in [1.82, 2.24) is 5.32 Å². The fourth-order valence-electron chi connectivity index (χ4n) is 2.36. The molecule has 0 radical (unpaired) electrons. The minimum absolute atomic E-state index is 0.0606. The number of nitrogens with one attached hydrogen (secondary N) is 1. The second-order valence-corrected chi connectivity index (χ2v) is 5.06. The van der Waals surface area contributed by atoms with Crippen molar-refractivity contribution in [3.8, 4) is 5.75 Å². The molecule has 1 heterocycles. The van der Waals surface area contributed by atoms with Crippen LogP contribution in [0.2, 0.25) is 0 Å². The highest BCUT2D eigenvalue weighted by atomic mass is 16.5. The fraction of sp³-hybridized carbons (Fsp3) is 0.400. The van der Waals surface area contributed by atoms with Gasteiger partial charge in [-0.15, -0.1) is 0 Å². The predicted octanol–water partition coefficient (Wildman–Crippen LogP) is 2.76. The molecule has 3 rings (SSSR count). The van der Waals surface area contributed by atoms with Crippen LogP contribution in [-0.4, -0.2) is 25.0 Å². The molecule has 1 aliphatic carbocycles. The number of carbonyl (C=O) groups is 1. The van der Waals surface area contributed by atoms with Crippen LogP contribution in [0.3, 0.4) is 0 Å². The molecular formula is C15H17NO3. The Morgan fingerprint density at radius 3 is 2.84 bits per heavy atom. The van der Waals surface area contributed by atoms with Crippen LogP contribution >= 0.6 is 0 Å². The van der Waals surface area contributed by atoms with Crippen LogP contribution in [0.4, 0.5) is 0 Å². The first-order valence-electron chi connectivity index (χ1n) is 6.54. The van der Waals surface area contributed by atoms with Crippen molar-refractivity contribution >= 4 is 16.8 Å². The Bertz CT molecular complexity index is 611. The molecule has 4 heteroatoms. The van der Waals surface area contributed by atoms with Crippen LogP contribution in [0.25, 0.3) is 11.0 Å². The molecule has 1 aromatic heterocycles. The lowest BCUT2D eigenvalue weighted by atomic mass is 9.89. The Hall–Kier alpha value is -1.81. The third-order valence-corrected chi connectivity index (χ3v) is 3.64. The summed E-state index contributed by atoms with van der Waals surface area (Å²) in [6, 6.07) is 8.01. The largest absolute Gasteiger partial charge is 0.490 e. The molecule has 100 valence electrons. The summed E-state index contributed by atoms with van der Waals surface area (Å²) in [6.45, 7) is 1.50. The monoisotopic (exact) mass is 259 g/mol. The summed E-state index contributed by atoms with van der Waals surface area (Å²) in [5.41, 5.74) is 0.722. The second-order valence-electron chi connectivity index (χ2n) is 5.06. The van der Waals surface area contributed by atoms with Gasteiger partial charge in [0.1, 0.15) is 17.4 Å². The number of furan rings is 1. The molecule has 0 saturated heterocycles. The van der Waals surface area contributed by atoms with E-state index >= 15 is 0 Å². The van der Waals surface area contributed by atoms with E-state index in [0.29, 0.717) is 11.8 Å². The van der Waals surface area contributed by atoms with E-state index in [1.54, 1.807) is 6.07 Å². The van der Waals surface area contributed by atoms with Gasteiger partial charge in [-0.3, -0.25) is 4.79 Å². The molecule has 2 aromatic rings. The Kier molecular flexibility index (Phi) is 3.03. The number of benzene rings is 1. The minimum atomic E-state index is -0.0606. The van der Waals surface area contributed by atoms with E-state index in [-0.39, 0.29) is 11.9 Å². The van der Waals surface area contributed by atoms with Crippen molar-refractivity contribution in [2.24, 2.45) is 0 Å². The average Bonchev–Trinajstić information content (AvgIpc) is 2.76. The number of ketones is 1. The lowest BCUT2D eigenvalue weighted by molar-refractivity contribution is 0.0886. The Morgan fingerprint density at radius 2 is 2.16 bits per heavy atom. The Labute approximate surface area is 111 Å². The van der Waals surface area contributed by atoms with Gasteiger partial charge in [0.15, 0.2) is 11.5 Å². The zero-order chi connectivity index (χ0) is 13.4. The molecule has 0 spiro atoms. The quantitative estimate of drug-likeness (QED) is 0.858. The van der Waals surface area contributed by atoms with E-state index in [1.165, 1.54) is 6.92 Å². The first-order chi connectivity index (χ1) is 9.15. The number of hydrogen-bond acceptors (Lipinski definition) is 4. The van der Waals surface area contributed by atoms with Crippen molar-refractivity contribution in [3.05, 3.63) is 30.0 Å². The van der Waals surface area contributed by atoms with E-state index in [9.17, 15) is 4.79 Å². The molecule has 0 bridgehead atoms. The van der Waals surface area contributed by atoms with Crippen LogP contribution in [0.1, 0.15) is 30.3 Å². The van der Waals surface area contributed by atoms with Crippen LogP contribution in [0.15, 0.2) is 28.7 Å². The molecule has 19 heavy (non-hydrogen) atoms. The van der Waals surface area contributed by atoms with Crippen molar-refractivity contribution in [2.45, 2.75) is 31.9 Å². The van der Waals surface area contributed by atoms with Crippen molar-refractivity contribution in [3.63, 3.8) is 0 Å². The van der Waals surface area contributed by atoms with Gasteiger partial charge in [-0.1, -0.05) is 0 Å². The van der Waals surface area contributed by atoms with Crippen LogP contribution in [-0.2, 0) is 0 Å². The van der Waals surface area contributed by atoms with E-state index in [1.807, 2.05) is 25.2 Å². The molecule has 0 atom stereocenters. The SMILES string of the molecule is CN[C@H]1C[C@H](Oc2ccc3oc(C(C)=O)cc3c2)C1. The molecule has 1 saturated carbocycles. The van der Waals surface area contributed by atoms with Gasteiger partial charge in [-0.2, -0.15) is 0 Å². The van der Waals surface area contributed by atoms with Gasteiger partial charge in [-0.25, -0.2) is 0 Å². The highest BCUT2D eigenvalue weighted by Gasteiger charge is 2.29. The molecule has 0 unspecified atom stereocenters. The number of hydrogen-bond donors (Lipinski definition) is 1. The van der Waals surface area contributed by atoms with Crippen LogP contribution in [0.5, 0.6) is 5.75 Å². The maximum atomic E-state index is 11.3. The van der Waals surface area contributed by atoms with E-state index in [4.69, 9.17) is 9.15 Å². The first-order valence-corrected chi connectivity index (χ1v) is 6.54. The van der Waals surface area contributed by atoms with Gasteiger partial charge < -0.3 is 14.5 Å². The summed E-state index contributed by atoms with van der Waals surface area (Å²) >= 11 is 0. The topological polar surface area (TPSA) is 51.5 Å². The summed E-state index contributed by atoms with van der Waals surface area (Å²) in [7, 11) is 1.97. The maximum Gasteiger partial charge on any atom is 0.194 e. The van der Waals surface area contributed by atoms with Crippen molar-refractivity contribution in [2.75, 3.05) is 7.05 Å². The molecule has 1 aromatic carbocycles. The van der Waals surface area contributed by atoms with E-state index < -0.39 is 0 Å². The highest BCUT2D eigenvalue weighted by Crippen LogP contribution is 2.29. The van der Waals surface area contributed by atoms with Crippen LogP contribution in [0, 0.1) is 0 Å². The van der Waals surface area contributed by atoms with E-state index in [0.717, 1.165) is 29.6 Å². The fourth-order valence-corrected chi connectivity index (χ4v) is 2.36. The highest BCUT2D eigenvalue weighted by molar-refractivity contribution is 5.96. The van der Waals surface area contributed by atoms with Gasteiger partial charge in [0, 0.05) is 18.4 Å². The molecule has 1 aliphatic rings. The molecule has 0 aliphatic heterocycles. The van der Waals surface area contributed by atoms with E-state index in [2.05, 4.69) is 5.32 Å². The smallest absolute Gasteiger partial charge is 0.194 e. The lowest BCUT2D eigenvalue weighted by Crippen LogP contribution is -2.45. The van der Waals surface area contributed by atoms with Gasteiger partial charge in [0.25, 0.3) is 0 Å². The van der Waals surface area contributed by atoms with Gasteiger partial charge in [0.2, 0.25) is 0 Å². The number of ether oxygens (including phenoxy) is 1. The molecule has 1 fully saturated rings. The first kappa shape index (κ1) is 12.2. The third kappa shape index (κ3) is 2.36. The summed E-state index contributed by atoms with van der Waals surface area (Å²) in [6.07, 6.45) is 2.37. The maximum absolute atomic E-state index is 11.3. The van der Waals surface area contributed by atoms with Crippen molar-refractivity contribution < 1.29 is 13.9 Å². The molecule has 4 nitrogen and oxygen atoms in total. The van der Waals surface area contributed by atoms with Gasteiger partial charge >= 0.3 is 0 Å².